The Bertz CT molecular complexity index is 1370. The zero-order valence-electron chi connectivity index (χ0n) is 16.8. The Balaban J connectivity index is 1.53. The highest BCUT2D eigenvalue weighted by molar-refractivity contribution is 6.00. The average molecular weight is 419 g/mol. The maximum atomic E-state index is 13.2. The lowest BCUT2D eigenvalue weighted by molar-refractivity contribution is 0.0444. The van der Waals surface area contributed by atoms with Gasteiger partial charge in [-0.1, -0.05) is 12.1 Å². The number of halogens is 1. The van der Waals surface area contributed by atoms with Crippen molar-refractivity contribution in [1.82, 2.24) is 4.57 Å². The molecule has 0 aliphatic heterocycles. The van der Waals surface area contributed by atoms with Gasteiger partial charge in [-0.25, -0.2) is 9.18 Å². The average Bonchev–Trinajstić information content (AvgIpc) is 3.06. The van der Waals surface area contributed by atoms with E-state index in [2.05, 4.69) is 0 Å². The van der Waals surface area contributed by atoms with Crippen molar-refractivity contribution < 1.29 is 23.1 Å². The van der Waals surface area contributed by atoms with Gasteiger partial charge in [-0.3, -0.25) is 9.59 Å². The standard InChI is InChI=1S/C24H18FNO5/c1-14-11-19(15(2)26(14)17-9-7-16(25)8-10-17)21(28)13-30-24(29)23-12-20(27)18-5-3-4-6-22(18)31-23/h3-12H,13H2,1-2H3. The van der Waals surface area contributed by atoms with Crippen LogP contribution < -0.4 is 5.43 Å². The highest BCUT2D eigenvalue weighted by Gasteiger charge is 2.20. The Kier molecular flexibility index (Phi) is 5.25. The number of rotatable bonds is 5. The molecule has 0 unspecified atom stereocenters. The molecule has 0 aliphatic rings. The SMILES string of the molecule is Cc1cc(C(=O)COC(=O)c2cc(=O)c3ccccc3o2)c(C)n1-c1ccc(F)cc1. The van der Waals surface area contributed by atoms with E-state index in [0.717, 1.165) is 11.8 Å². The van der Waals surface area contributed by atoms with Crippen LogP contribution in [0, 0.1) is 19.7 Å². The van der Waals surface area contributed by atoms with Crippen LogP contribution in [-0.4, -0.2) is 22.9 Å². The number of Topliss-reactive ketones (excluding diaryl/α,β-unsaturated/α-hetero) is 1. The van der Waals surface area contributed by atoms with Crippen LogP contribution in [0.3, 0.4) is 0 Å². The van der Waals surface area contributed by atoms with Crippen molar-refractivity contribution in [3.63, 3.8) is 0 Å². The van der Waals surface area contributed by atoms with Crippen LogP contribution in [0.5, 0.6) is 0 Å². The van der Waals surface area contributed by atoms with Crippen molar-refractivity contribution in [2.24, 2.45) is 0 Å². The second-order valence-electron chi connectivity index (χ2n) is 7.07. The van der Waals surface area contributed by atoms with Crippen molar-refractivity contribution in [1.29, 1.82) is 0 Å². The highest BCUT2D eigenvalue weighted by Crippen LogP contribution is 2.22. The number of nitrogens with zero attached hydrogens (tertiary/aromatic N) is 1. The molecule has 31 heavy (non-hydrogen) atoms. The van der Waals surface area contributed by atoms with Crippen LogP contribution in [0.4, 0.5) is 4.39 Å². The van der Waals surface area contributed by atoms with Crippen molar-refractivity contribution in [2.75, 3.05) is 6.61 Å². The van der Waals surface area contributed by atoms with Gasteiger partial charge in [-0.2, -0.15) is 0 Å². The van der Waals surface area contributed by atoms with Gasteiger partial charge in [0.2, 0.25) is 11.5 Å². The maximum absolute atomic E-state index is 13.2. The summed E-state index contributed by atoms with van der Waals surface area (Å²) in [7, 11) is 0. The highest BCUT2D eigenvalue weighted by atomic mass is 19.1. The Hall–Kier alpha value is -4.00. The van der Waals surface area contributed by atoms with E-state index in [1.807, 2.05) is 11.5 Å². The predicted octanol–water partition coefficient (Wildman–Crippen LogP) is 4.38. The number of benzene rings is 2. The number of carbonyl (C=O) groups excluding carboxylic acids is 2. The molecule has 0 amide bonds. The Labute approximate surface area is 176 Å². The van der Waals surface area contributed by atoms with Crippen LogP contribution in [0.25, 0.3) is 16.7 Å². The number of carbonyl (C=O) groups is 2. The molecule has 156 valence electrons. The zero-order chi connectivity index (χ0) is 22.1. The minimum Gasteiger partial charge on any atom is -0.451 e. The molecule has 2 heterocycles. The van der Waals surface area contributed by atoms with E-state index in [9.17, 15) is 18.8 Å². The Morgan fingerprint density at radius 2 is 1.74 bits per heavy atom. The number of ketones is 1. The van der Waals surface area contributed by atoms with Gasteiger partial charge in [0, 0.05) is 28.7 Å². The number of esters is 1. The van der Waals surface area contributed by atoms with Gasteiger partial charge in [0.1, 0.15) is 11.4 Å². The van der Waals surface area contributed by atoms with Crippen LogP contribution in [0.15, 0.2) is 69.9 Å². The van der Waals surface area contributed by atoms with E-state index < -0.39 is 18.4 Å². The topological polar surface area (TPSA) is 78.5 Å². The third-order valence-corrected chi connectivity index (χ3v) is 4.99. The van der Waals surface area contributed by atoms with Crippen LogP contribution >= 0.6 is 0 Å². The summed E-state index contributed by atoms with van der Waals surface area (Å²) in [6.45, 7) is 3.07. The summed E-state index contributed by atoms with van der Waals surface area (Å²) in [6.07, 6.45) is 0. The van der Waals surface area contributed by atoms with E-state index in [1.54, 1.807) is 49.4 Å². The molecule has 0 atom stereocenters. The van der Waals surface area contributed by atoms with Crippen molar-refractivity contribution in [3.05, 3.63) is 99.4 Å². The fourth-order valence-corrected chi connectivity index (χ4v) is 3.52. The van der Waals surface area contributed by atoms with Crippen molar-refractivity contribution >= 4 is 22.7 Å². The minimum absolute atomic E-state index is 0.260. The van der Waals surface area contributed by atoms with E-state index in [1.165, 1.54) is 12.1 Å². The number of para-hydroxylation sites is 1. The fraction of sp³-hybridized carbons (Fsp3) is 0.125. The van der Waals surface area contributed by atoms with Crippen molar-refractivity contribution in [2.45, 2.75) is 13.8 Å². The van der Waals surface area contributed by atoms with Gasteiger partial charge in [-0.15, -0.1) is 0 Å². The molecule has 0 saturated carbocycles. The molecule has 2 aromatic carbocycles. The van der Waals surface area contributed by atoms with E-state index in [-0.39, 0.29) is 22.6 Å². The van der Waals surface area contributed by atoms with Crippen LogP contribution in [0.1, 0.15) is 32.3 Å². The van der Waals surface area contributed by atoms with Crippen molar-refractivity contribution in [3.8, 4) is 5.69 Å². The lowest BCUT2D eigenvalue weighted by Gasteiger charge is -2.10. The molecular weight excluding hydrogens is 401 g/mol. The van der Waals surface area contributed by atoms with Gasteiger partial charge in [0.05, 0.1) is 5.39 Å². The monoisotopic (exact) mass is 419 g/mol. The molecule has 7 heteroatoms. The summed E-state index contributed by atoms with van der Waals surface area (Å²) >= 11 is 0. The summed E-state index contributed by atoms with van der Waals surface area (Å²) in [4.78, 5) is 37.2. The first-order valence-corrected chi connectivity index (χ1v) is 9.53. The van der Waals surface area contributed by atoms with Gasteiger partial charge >= 0.3 is 5.97 Å². The minimum atomic E-state index is -0.899. The molecular formula is C24H18FNO5. The number of hydrogen-bond donors (Lipinski definition) is 0. The van der Waals surface area contributed by atoms with Crippen LogP contribution in [0.2, 0.25) is 0 Å². The molecule has 6 nitrogen and oxygen atoms in total. The lowest BCUT2D eigenvalue weighted by Crippen LogP contribution is -2.16. The van der Waals surface area contributed by atoms with Gasteiger partial charge in [0.15, 0.2) is 12.0 Å². The number of ether oxygens (including phenoxy) is 1. The van der Waals surface area contributed by atoms with Gasteiger partial charge in [-0.05, 0) is 56.3 Å². The third kappa shape index (κ3) is 3.90. The second kappa shape index (κ2) is 8.02. The second-order valence-corrected chi connectivity index (χ2v) is 7.07. The number of aryl methyl sites for hydroxylation is 1. The molecule has 0 fully saturated rings. The van der Waals surface area contributed by atoms with Gasteiger partial charge in [0.25, 0.3) is 0 Å². The summed E-state index contributed by atoms with van der Waals surface area (Å²) in [5, 5.41) is 0.350. The Morgan fingerprint density at radius 1 is 1.03 bits per heavy atom. The molecule has 2 aromatic heterocycles. The number of fused-ring (bicyclic) bond motifs is 1. The smallest absolute Gasteiger partial charge is 0.374 e. The quantitative estimate of drug-likeness (QED) is 0.354. The number of aromatic nitrogens is 1. The maximum Gasteiger partial charge on any atom is 0.374 e. The normalized spacial score (nSPS) is 10.9. The molecule has 0 aliphatic carbocycles. The first kappa shape index (κ1) is 20.3. The van der Waals surface area contributed by atoms with E-state index >= 15 is 0 Å². The lowest BCUT2D eigenvalue weighted by atomic mass is 10.1. The zero-order valence-corrected chi connectivity index (χ0v) is 16.8. The van der Waals surface area contributed by atoms with E-state index in [4.69, 9.17) is 9.15 Å². The molecule has 4 aromatic rings. The summed E-state index contributed by atoms with van der Waals surface area (Å²) in [6, 6.07) is 15.2. The summed E-state index contributed by atoms with van der Waals surface area (Å²) < 4.78 is 25.6. The first-order chi connectivity index (χ1) is 14.8. The predicted molar refractivity (Wildman–Crippen MR) is 112 cm³/mol. The molecule has 0 N–H and O–H groups in total. The first-order valence-electron chi connectivity index (χ1n) is 9.53. The fourth-order valence-electron chi connectivity index (χ4n) is 3.52. The molecule has 4 rings (SSSR count). The third-order valence-electron chi connectivity index (χ3n) is 4.99. The summed E-state index contributed by atoms with van der Waals surface area (Å²) in [5.74, 6) is -1.93. The largest absolute Gasteiger partial charge is 0.451 e. The number of hydrogen-bond acceptors (Lipinski definition) is 5. The molecule has 0 bridgehead atoms. The molecule has 0 spiro atoms. The Morgan fingerprint density at radius 3 is 2.48 bits per heavy atom. The molecule has 0 radical (unpaired) electrons. The summed E-state index contributed by atoms with van der Waals surface area (Å²) in [5.41, 5.74) is 2.40. The van der Waals surface area contributed by atoms with E-state index in [0.29, 0.717) is 22.3 Å². The molecule has 0 saturated heterocycles. The van der Waals surface area contributed by atoms with Crippen LogP contribution in [-0.2, 0) is 4.74 Å². The van der Waals surface area contributed by atoms with Gasteiger partial charge < -0.3 is 13.7 Å².